The van der Waals surface area contributed by atoms with Gasteiger partial charge in [0.05, 0.1) is 5.56 Å². The van der Waals surface area contributed by atoms with Gasteiger partial charge in [0, 0.05) is 0 Å². The van der Waals surface area contributed by atoms with Crippen LogP contribution >= 0.6 is 0 Å². The van der Waals surface area contributed by atoms with Crippen molar-refractivity contribution in [3.8, 4) is 23.3 Å². The van der Waals surface area contributed by atoms with E-state index in [1.165, 1.54) is 0 Å². The molecule has 0 saturated carbocycles. The topological polar surface area (TPSA) is 53.2 Å². The van der Waals surface area contributed by atoms with Gasteiger partial charge in [-0.25, -0.2) is 0 Å². The summed E-state index contributed by atoms with van der Waals surface area (Å²) in [6, 6.07) is 13.9. The highest BCUT2D eigenvalue weighted by Crippen LogP contribution is 2.29. The molecule has 2 aromatic carbocycles. The van der Waals surface area contributed by atoms with Gasteiger partial charge in [-0.2, -0.15) is 5.26 Å². The van der Waals surface area contributed by atoms with Gasteiger partial charge in [-0.05, 0) is 42.8 Å². The van der Waals surface area contributed by atoms with Crippen molar-refractivity contribution in [3.05, 3.63) is 53.6 Å². The van der Waals surface area contributed by atoms with Crippen molar-refractivity contribution in [1.29, 1.82) is 5.26 Å². The Balaban J connectivity index is 2.36. The molecule has 0 unspecified atom stereocenters. The maximum absolute atomic E-state index is 9.17. The summed E-state index contributed by atoms with van der Waals surface area (Å²) in [7, 11) is 0. The summed E-state index contributed by atoms with van der Waals surface area (Å²) in [4.78, 5) is 0. The zero-order valence-electron chi connectivity index (χ0n) is 9.34. The molecule has 84 valence electrons. The van der Waals surface area contributed by atoms with Gasteiger partial charge in [-0.1, -0.05) is 12.1 Å². The van der Waals surface area contributed by atoms with Gasteiger partial charge in [0.15, 0.2) is 0 Å². The Hall–Kier alpha value is -2.47. The summed E-state index contributed by atoms with van der Waals surface area (Å²) in [5.74, 6) is 1.33. The van der Waals surface area contributed by atoms with E-state index < -0.39 is 0 Å². The molecule has 0 radical (unpaired) electrons. The summed E-state index contributed by atoms with van der Waals surface area (Å²) in [5.41, 5.74) is 1.40. The number of benzene rings is 2. The van der Waals surface area contributed by atoms with Crippen molar-refractivity contribution in [2.75, 3.05) is 0 Å². The molecule has 0 heterocycles. The van der Waals surface area contributed by atoms with E-state index in [9.17, 15) is 5.11 Å². The number of rotatable bonds is 2. The predicted octanol–water partition coefficient (Wildman–Crippen LogP) is 3.36. The van der Waals surface area contributed by atoms with Crippen LogP contribution in [0.5, 0.6) is 17.2 Å². The van der Waals surface area contributed by atoms with Crippen molar-refractivity contribution >= 4 is 0 Å². The molecule has 1 N–H and O–H groups in total. The van der Waals surface area contributed by atoms with E-state index in [4.69, 9.17) is 10.00 Å². The largest absolute Gasteiger partial charge is 0.508 e. The first-order chi connectivity index (χ1) is 8.20. The molecule has 0 aliphatic carbocycles. The molecule has 0 saturated heterocycles. The van der Waals surface area contributed by atoms with Gasteiger partial charge in [0.2, 0.25) is 0 Å². The van der Waals surface area contributed by atoms with Crippen LogP contribution < -0.4 is 4.74 Å². The summed E-state index contributed by atoms with van der Waals surface area (Å²) < 4.78 is 5.65. The number of para-hydroxylation sites is 1. The van der Waals surface area contributed by atoms with Gasteiger partial charge in [-0.15, -0.1) is 0 Å². The summed E-state index contributed by atoms with van der Waals surface area (Å²) >= 11 is 0. The van der Waals surface area contributed by atoms with E-state index >= 15 is 0 Å². The standard InChI is InChI=1S/C14H11NO2/c1-10-3-2-4-11(9-15)14(10)17-13-7-5-12(16)6-8-13/h2-8,16H,1H3. The molecule has 17 heavy (non-hydrogen) atoms. The van der Waals surface area contributed by atoms with Gasteiger partial charge < -0.3 is 9.84 Å². The number of phenols is 1. The lowest BCUT2D eigenvalue weighted by Crippen LogP contribution is -1.91. The molecule has 0 aliphatic rings. The zero-order chi connectivity index (χ0) is 12.3. The maximum atomic E-state index is 9.17. The van der Waals surface area contributed by atoms with Crippen LogP contribution in [0.25, 0.3) is 0 Å². The van der Waals surface area contributed by atoms with Crippen molar-refractivity contribution in [2.24, 2.45) is 0 Å². The Morgan fingerprint density at radius 3 is 2.47 bits per heavy atom. The van der Waals surface area contributed by atoms with Crippen LogP contribution in [0.4, 0.5) is 0 Å². The lowest BCUT2D eigenvalue weighted by Gasteiger charge is -2.10. The SMILES string of the molecule is Cc1cccc(C#N)c1Oc1ccc(O)cc1. The van der Waals surface area contributed by atoms with Gasteiger partial charge in [0.25, 0.3) is 0 Å². The second-order valence-corrected chi connectivity index (χ2v) is 3.66. The van der Waals surface area contributed by atoms with E-state index in [0.29, 0.717) is 17.1 Å². The summed E-state index contributed by atoms with van der Waals surface area (Å²) in [5, 5.41) is 18.2. The number of ether oxygens (including phenoxy) is 1. The van der Waals surface area contributed by atoms with Gasteiger partial charge in [0.1, 0.15) is 23.3 Å². The third-order valence-electron chi connectivity index (χ3n) is 2.39. The first-order valence-corrected chi connectivity index (χ1v) is 5.17. The number of nitriles is 1. The zero-order valence-corrected chi connectivity index (χ0v) is 9.34. The first-order valence-electron chi connectivity index (χ1n) is 5.17. The number of nitrogens with zero attached hydrogens (tertiary/aromatic N) is 1. The molecule has 3 nitrogen and oxygen atoms in total. The molecular formula is C14H11NO2. The molecule has 0 atom stereocenters. The summed E-state index contributed by atoms with van der Waals surface area (Å²) in [6.45, 7) is 1.89. The minimum atomic E-state index is 0.183. The minimum absolute atomic E-state index is 0.183. The van der Waals surface area contributed by atoms with Crippen LogP contribution in [-0.2, 0) is 0 Å². The fourth-order valence-corrected chi connectivity index (χ4v) is 1.51. The molecule has 0 aliphatic heterocycles. The number of aryl methyl sites for hydroxylation is 1. The number of hydrogen-bond acceptors (Lipinski definition) is 3. The van der Waals surface area contributed by atoms with E-state index in [0.717, 1.165) is 5.56 Å². The quantitative estimate of drug-likeness (QED) is 0.852. The van der Waals surface area contributed by atoms with Crippen LogP contribution in [0, 0.1) is 18.3 Å². The van der Waals surface area contributed by atoms with Gasteiger partial charge >= 0.3 is 0 Å². The van der Waals surface area contributed by atoms with E-state index in [-0.39, 0.29) is 5.75 Å². The monoisotopic (exact) mass is 225 g/mol. The third kappa shape index (κ3) is 2.37. The Morgan fingerprint density at radius 1 is 1.12 bits per heavy atom. The average molecular weight is 225 g/mol. The smallest absolute Gasteiger partial charge is 0.148 e. The molecule has 0 spiro atoms. The molecule has 3 heteroatoms. The lowest BCUT2D eigenvalue weighted by atomic mass is 10.1. The number of aromatic hydroxyl groups is 1. The van der Waals surface area contributed by atoms with E-state index in [1.54, 1.807) is 30.3 Å². The highest BCUT2D eigenvalue weighted by atomic mass is 16.5. The second-order valence-electron chi connectivity index (χ2n) is 3.66. The van der Waals surface area contributed by atoms with Crippen molar-refractivity contribution in [2.45, 2.75) is 6.92 Å². The van der Waals surface area contributed by atoms with Crippen LogP contribution in [-0.4, -0.2) is 5.11 Å². The molecular weight excluding hydrogens is 214 g/mol. The molecule has 2 aromatic rings. The fourth-order valence-electron chi connectivity index (χ4n) is 1.51. The van der Waals surface area contributed by atoms with Crippen LogP contribution in [0.2, 0.25) is 0 Å². The highest BCUT2D eigenvalue weighted by molar-refractivity contribution is 5.50. The fraction of sp³-hybridized carbons (Fsp3) is 0.0714. The molecule has 0 amide bonds. The Kier molecular flexibility index (Phi) is 2.97. The average Bonchev–Trinajstić information content (AvgIpc) is 2.34. The minimum Gasteiger partial charge on any atom is -0.508 e. The lowest BCUT2D eigenvalue weighted by molar-refractivity contribution is 0.462. The third-order valence-corrected chi connectivity index (χ3v) is 2.39. The van der Waals surface area contributed by atoms with E-state index in [2.05, 4.69) is 6.07 Å². The Bertz CT molecular complexity index is 568. The van der Waals surface area contributed by atoms with Crippen LogP contribution in [0.15, 0.2) is 42.5 Å². The normalized spacial score (nSPS) is 9.65. The van der Waals surface area contributed by atoms with Crippen molar-refractivity contribution in [1.82, 2.24) is 0 Å². The Labute approximate surface area is 99.5 Å². The van der Waals surface area contributed by atoms with E-state index in [1.807, 2.05) is 19.1 Å². The molecule has 0 bridgehead atoms. The van der Waals surface area contributed by atoms with Crippen molar-refractivity contribution in [3.63, 3.8) is 0 Å². The van der Waals surface area contributed by atoms with Crippen molar-refractivity contribution < 1.29 is 9.84 Å². The molecule has 0 aromatic heterocycles. The number of hydrogen-bond donors (Lipinski definition) is 1. The van der Waals surface area contributed by atoms with Gasteiger partial charge in [-0.3, -0.25) is 0 Å². The highest BCUT2D eigenvalue weighted by Gasteiger charge is 2.07. The Morgan fingerprint density at radius 2 is 1.82 bits per heavy atom. The van der Waals surface area contributed by atoms with Crippen LogP contribution in [0.1, 0.15) is 11.1 Å². The summed E-state index contributed by atoms with van der Waals surface area (Å²) in [6.07, 6.45) is 0. The number of phenolic OH excluding ortho intramolecular Hbond substituents is 1. The molecule has 0 fully saturated rings. The first kappa shape index (κ1) is 11.0. The molecule has 2 rings (SSSR count). The second kappa shape index (κ2) is 4.58. The predicted molar refractivity (Wildman–Crippen MR) is 64.1 cm³/mol. The van der Waals surface area contributed by atoms with Crippen LogP contribution in [0.3, 0.4) is 0 Å². The maximum Gasteiger partial charge on any atom is 0.148 e.